The van der Waals surface area contributed by atoms with E-state index in [9.17, 15) is 0 Å². The van der Waals surface area contributed by atoms with Gasteiger partial charge in [0.1, 0.15) is 6.07 Å². The number of rotatable bonds is 2. The number of para-hydroxylation sites is 1. The highest BCUT2D eigenvalue weighted by Crippen LogP contribution is 2.31. The van der Waals surface area contributed by atoms with Crippen LogP contribution in [0.25, 0.3) is 0 Å². The number of nitrogens with zero attached hydrogens (tertiary/aromatic N) is 3. The molecule has 0 radical (unpaired) electrons. The third kappa shape index (κ3) is 2.47. The van der Waals surface area contributed by atoms with E-state index in [1.165, 1.54) is 0 Å². The molecule has 18 heavy (non-hydrogen) atoms. The van der Waals surface area contributed by atoms with E-state index in [-0.39, 0.29) is 0 Å². The molecular formula is C13H9BrClN3. The summed E-state index contributed by atoms with van der Waals surface area (Å²) < 4.78 is 0.818. The van der Waals surface area contributed by atoms with Crippen molar-refractivity contribution in [2.45, 2.75) is 0 Å². The van der Waals surface area contributed by atoms with Crippen LogP contribution >= 0.6 is 27.5 Å². The van der Waals surface area contributed by atoms with Crippen LogP contribution < -0.4 is 4.90 Å². The fraction of sp³-hybridized carbons (Fsp3) is 0.0769. The van der Waals surface area contributed by atoms with Gasteiger partial charge in [0.05, 0.1) is 16.3 Å². The van der Waals surface area contributed by atoms with Gasteiger partial charge in [-0.05, 0) is 34.1 Å². The molecule has 0 atom stereocenters. The number of halogens is 2. The Hall–Kier alpha value is -1.57. The van der Waals surface area contributed by atoms with Crippen LogP contribution in [0.4, 0.5) is 11.5 Å². The van der Waals surface area contributed by atoms with Crippen molar-refractivity contribution >= 4 is 39.0 Å². The lowest BCUT2D eigenvalue weighted by Gasteiger charge is -2.20. The minimum Gasteiger partial charge on any atom is -0.327 e. The third-order valence-corrected chi connectivity index (χ3v) is 3.20. The first-order chi connectivity index (χ1) is 8.63. The summed E-state index contributed by atoms with van der Waals surface area (Å²) in [7, 11) is 1.83. The summed E-state index contributed by atoms with van der Waals surface area (Å²) in [6, 6.07) is 11.3. The summed E-state index contributed by atoms with van der Waals surface area (Å²) >= 11 is 9.46. The second-order valence-corrected chi connectivity index (χ2v) is 4.97. The van der Waals surface area contributed by atoms with Gasteiger partial charge in [0.15, 0.2) is 5.82 Å². The van der Waals surface area contributed by atoms with Crippen molar-refractivity contribution in [1.82, 2.24) is 4.98 Å². The molecule has 5 heteroatoms. The fourth-order valence-corrected chi connectivity index (χ4v) is 2.39. The smallest absolute Gasteiger partial charge is 0.151 e. The average Bonchev–Trinajstić information content (AvgIpc) is 2.38. The first kappa shape index (κ1) is 12.9. The fourth-order valence-electron chi connectivity index (χ4n) is 1.63. The topological polar surface area (TPSA) is 39.9 Å². The summed E-state index contributed by atoms with van der Waals surface area (Å²) in [5.41, 5.74) is 1.36. The monoisotopic (exact) mass is 321 g/mol. The van der Waals surface area contributed by atoms with E-state index in [0.29, 0.717) is 16.4 Å². The number of nitriles is 1. The molecule has 3 nitrogen and oxygen atoms in total. The van der Waals surface area contributed by atoms with Gasteiger partial charge >= 0.3 is 0 Å². The minimum absolute atomic E-state index is 0.527. The summed E-state index contributed by atoms with van der Waals surface area (Å²) in [5, 5.41) is 9.62. The molecule has 0 spiro atoms. The molecule has 2 rings (SSSR count). The first-order valence-electron chi connectivity index (χ1n) is 5.17. The standard InChI is InChI=1S/C13H9BrClN3/c1-18(12-5-3-2-4-9(12)7-16)13-11(15)6-10(14)8-17-13/h2-6,8H,1H3. The van der Waals surface area contributed by atoms with Crippen LogP contribution in [0.5, 0.6) is 0 Å². The molecule has 0 saturated heterocycles. The number of hydrogen-bond acceptors (Lipinski definition) is 3. The van der Waals surface area contributed by atoms with Gasteiger partial charge < -0.3 is 4.90 Å². The molecule has 0 fully saturated rings. The maximum atomic E-state index is 9.09. The molecule has 0 bridgehead atoms. The lowest BCUT2D eigenvalue weighted by atomic mass is 10.2. The van der Waals surface area contributed by atoms with Gasteiger partial charge in [-0.1, -0.05) is 23.7 Å². The Morgan fingerprint density at radius 1 is 1.39 bits per heavy atom. The maximum absolute atomic E-state index is 9.09. The van der Waals surface area contributed by atoms with Gasteiger partial charge in [-0.3, -0.25) is 0 Å². The molecule has 0 saturated carbocycles. The van der Waals surface area contributed by atoms with E-state index in [4.69, 9.17) is 16.9 Å². The van der Waals surface area contributed by atoms with Crippen LogP contribution in [0.2, 0.25) is 5.02 Å². The zero-order valence-electron chi connectivity index (χ0n) is 9.56. The molecule has 1 heterocycles. The lowest BCUT2D eigenvalue weighted by molar-refractivity contribution is 1.12. The predicted octanol–water partition coefficient (Wildman–Crippen LogP) is 4.14. The molecule has 0 aliphatic heterocycles. The van der Waals surface area contributed by atoms with E-state index < -0.39 is 0 Å². The van der Waals surface area contributed by atoms with Crippen molar-refractivity contribution in [2.24, 2.45) is 0 Å². The van der Waals surface area contributed by atoms with Crippen molar-refractivity contribution in [3.63, 3.8) is 0 Å². The third-order valence-electron chi connectivity index (χ3n) is 2.49. The Bertz CT molecular complexity index is 622. The van der Waals surface area contributed by atoms with Gasteiger partial charge in [-0.15, -0.1) is 0 Å². The zero-order valence-corrected chi connectivity index (χ0v) is 11.9. The molecule has 0 aliphatic carbocycles. The van der Waals surface area contributed by atoms with E-state index in [1.54, 1.807) is 23.2 Å². The van der Waals surface area contributed by atoms with Gasteiger partial charge in [-0.25, -0.2) is 4.98 Å². The van der Waals surface area contributed by atoms with Crippen molar-refractivity contribution < 1.29 is 0 Å². The largest absolute Gasteiger partial charge is 0.327 e. The Labute approximate surface area is 119 Å². The van der Waals surface area contributed by atoms with Gasteiger partial charge in [0, 0.05) is 17.7 Å². The molecule has 0 aliphatic rings. The number of benzene rings is 1. The molecule has 90 valence electrons. The number of hydrogen-bond donors (Lipinski definition) is 0. The predicted molar refractivity (Wildman–Crippen MR) is 76.2 cm³/mol. The van der Waals surface area contributed by atoms with Crippen molar-refractivity contribution in [3.05, 3.63) is 51.6 Å². The van der Waals surface area contributed by atoms with Crippen LogP contribution in [-0.4, -0.2) is 12.0 Å². The molecule has 0 N–H and O–H groups in total. The molecule has 1 aromatic heterocycles. The highest BCUT2D eigenvalue weighted by atomic mass is 79.9. The summed E-state index contributed by atoms with van der Waals surface area (Å²) in [6.45, 7) is 0. The Morgan fingerprint density at radius 2 is 2.11 bits per heavy atom. The van der Waals surface area contributed by atoms with Crippen LogP contribution in [0.15, 0.2) is 41.0 Å². The van der Waals surface area contributed by atoms with E-state index in [1.807, 2.05) is 25.2 Å². The van der Waals surface area contributed by atoms with Crippen LogP contribution in [0, 0.1) is 11.3 Å². The molecule has 1 aromatic carbocycles. The molecular weight excluding hydrogens is 314 g/mol. The normalized spacial score (nSPS) is 9.89. The molecule has 0 amide bonds. The van der Waals surface area contributed by atoms with Crippen LogP contribution in [-0.2, 0) is 0 Å². The highest BCUT2D eigenvalue weighted by Gasteiger charge is 2.13. The molecule has 0 unspecified atom stereocenters. The summed E-state index contributed by atoms with van der Waals surface area (Å²) in [5.74, 6) is 0.613. The van der Waals surface area contributed by atoms with E-state index in [0.717, 1.165) is 10.2 Å². The van der Waals surface area contributed by atoms with E-state index >= 15 is 0 Å². The highest BCUT2D eigenvalue weighted by molar-refractivity contribution is 9.10. The van der Waals surface area contributed by atoms with Gasteiger partial charge in [0.2, 0.25) is 0 Å². The van der Waals surface area contributed by atoms with Gasteiger partial charge in [-0.2, -0.15) is 5.26 Å². The quantitative estimate of drug-likeness (QED) is 0.834. The number of aromatic nitrogens is 1. The van der Waals surface area contributed by atoms with E-state index in [2.05, 4.69) is 27.0 Å². The lowest BCUT2D eigenvalue weighted by Crippen LogP contribution is -2.13. The zero-order chi connectivity index (χ0) is 13.1. The Morgan fingerprint density at radius 3 is 2.78 bits per heavy atom. The Kier molecular flexibility index (Phi) is 3.85. The first-order valence-corrected chi connectivity index (χ1v) is 6.34. The minimum atomic E-state index is 0.527. The number of anilines is 2. The maximum Gasteiger partial charge on any atom is 0.151 e. The van der Waals surface area contributed by atoms with Crippen LogP contribution in [0.1, 0.15) is 5.56 Å². The number of pyridine rings is 1. The van der Waals surface area contributed by atoms with Crippen molar-refractivity contribution in [1.29, 1.82) is 5.26 Å². The SMILES string of the molecule is CN(c1ccccc1C#N)c1ncc(Br)cc1Cl. The second kappa shape index (κ2) is 5.38. The summed E-state index contributed by atoms with van der Waals surface area (Å²) in [4.78, 5) is 6.07. The Balaban J connectivity index is 2.48. The average molecular weight is 323 g/mol. The van der Waals surface area contributed by atoms with Crippen molar-refractivity contribution in [3.8, 4) is 6.07 Å². The van der Waals surface area contributed by atoms with Gasteiger partial charge in [0.25, 0.3) is 0 Å². The van der Waals surface area contributed by atoms with Crippen LogP contribution in [0.3, 0.4) is 0 Å². The summed E-state index contributed by atoms with van der Waals surface area (Å²) in [6.07, 6.45) is 1.67. The second-order valence-electron chi connectivity index (χ2n) is 3.65. The van der Waals surface area contributed by atoms with Crippen molar-refractivity contribution in [2.75, 3.05) is 11.9 Å². The molecule has 2 aromatic rings.